The van der Waals surface area contributed by atoms with E-state index in [0.717, 1.165) is 38.5 Å². The predicted octanol–water partition coefficient (Wildman–Crippen LogP) is 0.793. The van der Waals surface area contributed by atoms with Gasteiger partial charge in [-0.3, -0.25) is 24.0 Å². The minimum absolute atomic E-state index is 0.162. The lowest BCUT2D eigenvalue weighted by atomic mass is 10.2. The van der Waals surface area contributed by atoms with E-state index in [9.17, 15) is 9.59 Å². The van der Waals surface area contributed by atoms with Crippen LogP contribution in [-0.4, -0.2) is 51.4 Å². The number of hydrogen-bond donors (Lipinski definition) is 1. The molecule has 8 heteroatoms. The Kier molecular flexibility index (Phi) is 5.23. The van der Waals surface area contributed by atoms with Gasteiger partial charge in [0.25, 0.3) is 5.56 Å². The molecule has 0 radical (unpaired) electrons. The quantitative estimate of drug-likeness (QED) is 0.678. The molecule has 1 fully saturated rings. The van der Waals surface area contributed by atoms with Crippen LogP contribution in [0.5, 0.6) is 0 Å². The molecule has 4 rings (SSSR count). The lowest BCUT2D eigenvalue weighted by molar-refractivity contribution is -0.118. The van der Waals surface area contributed by atoms with E-state index in [0.29, 0.717) is 23.3 Å². The van der Waals surface area contributed by atoms with Crippen LogP contribution in [0.1, 0.15) is 11.6 Å². The van der Waals surface area contributed by atoms with Crippen molar-refractivity contribution in [2.75, 3.05) is 26.2 Å². The molecule has 0 aliphatic carbocycles. The van der Waals surface area contributed by atoms with Gasteiger partial charge in [-0.25, -0.2) is 4.98 Å². The minimum atomic E-state index is -0.552. The Labute approximate surface area is 162 Å². The summed E-state index contributed by atoms with van der Waals surface area (Å²) in [5.41, 5.74) is 5.78. The van der Waals surface area contributed by atoms with E-state index in [2.05, 4.69) is 14.8 Å². The number of aromatic nitrogens is 2. The van der Waals surface area contributed by atoms with Gasteiger partial charge in [-0.1, -0.05) is 12.1 Å². The first-order valence-electron chi connectivity index (χ1n) is 9.34. The molecule has 0 atom stereocenters. The van der Waals surface area contributed by atoms with Gasteiger partial charge >= 0.3 is 0 Å². The van der Waals surface area contributed by atoms with Crippen LogP contribution in [0.2, 0.25) is 0 Å². The number of carbonyl (C=O) groups is 1. The third-order valence-electron chi connectivity index (χ3n) is 5.04. The Bertz CT molecular complexity index is 1020. The molecule has 2 aromatic heterocycles. The zero-order valence-electron chi connectivity index (χ0n) is 15.6. The summed E-state index contributed by atoms with van der Waals surface area (Å²) in [5, 5.41) is 0.496. The highest BCUT2D eigenvalue weighted by Gasteiger charge is 2.21. The van der Waals surface area contributed by atoms with Gasteiger partial charge in [0.15, 0.2) is 0 Å². The monoisotopic (exact) mass is 381 g/mol. The first-order chi connectivity index (χ1) is 13.6. The van der Waals surface area contributed by atoms with Crippen molar-refractivity contribution in [3.63, 3.8) is 0 Å². The lowest BCUT2D eigenvalue weighted by Crippen LogP contribution is -2.46. The number of carbonyl (C=O) groups excluding carboxylic acids is 1. The number of fused-ring (bicyclic) bond motifs is 1. The van der Waals surface area contributed by atoms with E-state index in [4.69, 9.17) is 10.2 Å². The summed E-state index contributed by atoms with van der Waals surface area (Å²) < 4.78 is 6.82. The summed E-state index contributed by atoms with van der Waals surface area (Å²) in [7, 11) is 0. The first kappa shape index (κ1) is 18.4. The van der Waals surface area contributed by atoms with E-state index >= 15 is 0 Å². The number of hydrogen-bond acceptors (Lipinski definition) is 6. The molecule has 146 valence electrons. The SMILES string of the molecule is NC(=O)Cn1c(CN2CCN(Cc3ccco3)CC2)nc2ccccc2c1=O. The molecular weight excluding hydrogens is 358 g/mol. The Morgan fingerprint density at radius 1 is 1.04 bits per heavy atom. The Morgan fingerprint density at radius 2 is 1.75 bits per heavy atom. The molecule has 1 aromatic carbocycles. The molecule has 3 aromatic rings. The minimum Gasteiger partial charge on any atom is -0.468 e. The Balaban J connectivity index is 1.51. The summed E-state index contributed by atoms with van der Waals surface area (Å²) in [6.45, 7) is 4.62. The molecule has 0 bridgehead atoms. The topological polar surface area (TPSA) is 97.6 Å². The number of piperazine rings is 1. The van der Waals surface area contributed by atoms with E-state index in [1.165, 1.54) is 4.57 Å². The smallest absolute Gasteiger partial charge is 0.261 e. The van der Waals surface area contributed by atoms with Crippen molar-refractivity contribution in [1.82, 2.24) is 19.4 Å². The highest BCUT2D eigenvalue weighted by Crippen LogP contribution is 2.13. The molecule has 1 amide bonds. The molecule has 1 aliphatic heterocycles. The number of furan rings is 1. The summed E-state index contributed by atoms with van der Waals surface area (Å²) in [5.74, 6) is 0.977. The second-order valence-electron chi connectivity index (χ2n) is 7.03. The van der Waals surface area contributed by atoms with Crippen molar-refractivity contribution >= 4 is 16.8 Å². The van der Waals surface area contributed by atoms with Gasteiger partial charge in [-0.2, -0.15) is 0 Å². The van der Waals surface area contributed by atoms with E-state index in [1.807, 2.05) is 24.3 Å². The van der Waals surface area contributed by atoms with Crippen LogP contribution >= 0.6 is 0 Å². The van der Waals surface area contributed by atoms with Gasteiger partial charge in [0.1, 0.15) is 18.1 Å². The van der Waals surface area contributed by atoms with Crippen molar-refractivity contribution in [1.29, 1.82) is 0 Å². The first-order valence-corrected chi connectivity index (χ1v) is 9.34. The van der Waals surface area contributed by atoms with Crippen molar-refractivity contribution < 1.29 is 9.21 Å². The average Bonchev–Trinajstić information content (AvgIpc) is 3.19. The predicted molar refractivity (Wildman–Crippen MR) is 104 cm³/mol. The molecule has 1 saturated heterocycles. The lowest BCUT2D eigenvalue weighted by Gasteiger charge is -2.34. The van der Waals surface area contributed by atoms with Gasteiger partial charge in [0.05, 0.1) is 30.3 Å². The van der Waals surface area contributed by atoms with Crippen molar-refractivity contribution in [2.45, 2.75) is 19.6 Å². The Hall–Kier alpha value is -2.97. The largest absolute Gasteiger partial charge is 0.468 e. The molecule has 2 N–H and O–H groups in total. The highest BCUT2D eigenvalue weighted by atomic mass is 16.3. The molecule has 28 heavy (non-hydrogen) atoms. The van der Waals surface area contributed by atoms with Crippen LogP contribution in [0.25, 0.3) is 10.9 Å². The van der Waals surface area contributed by atoms with Crippen LogP contribution in [0.15, 0.2) is 51.9 Å². The number of para-hydroxylation sites is 1. The fourth-order valence-corrected chi connectivity index (χ4v) is 3.58. The standard InChI is InChI=1S/C20H23N5O3/c21-18(26)13-25-19(22-17-6-2-1-5-16(17)20(25)27)14-24-9-7-23(8-10-24)12-15-4-3-11-28-15/h1-6,11H,7-10,12-14H2,(H2,21,26). The van der Waals surface area contributed by atoms with Crippen molar-refractivity contribution in [3.05, 3.63) is 64.6 Å². The van der Waals surface area contributed by atoms with E-state index in [-0.39, 0.29) is 12.1 Å². The summed E-state index contributed by atoms with van der Waals surface area (Å²) in [6, 6.07) is 11.1. The normalized spacial score (nSPS) is 15.9. The van der Waals surface area contributed by atoms with Crippen LogP contribution in [0.4, 0.5) is 0 Å². The second-order valence-corrected chi connectivity index (χ2v) is 7.03. The van der Waals surface area contributed by atoms with Crippen molar-refractivity contribution in [3.8, 4) is 0 Å². The van der Waals surface area contributed by atoms with E-state index in [1.54, 1.807) is 18.4 Å². The zero-order chi connectivity index (χ0) is 19.5. The number of rotatable bonds is 6. The van der Waals surface area contributed by atoms with Gasteiger partial charge in [-0.15, -0.1) is 0 Å². The summed E-state index contributed by atoms with van der Waals surface area (Å²) in [4.78, 5) is 33.6. The van der Waals surface area contributed by atoms with Crippen molar-refractivity contribution in [2.24, 2.45) is 5.73 Å². The maximum absolute atomic E-state index is 12.8. The molecule has 3 heterocycles. The van der Waals surface area contributed by atoms with Gasteiger partial charge in [-0.05, 0) is 24.3 Å². The van der Waals surface area contributed by atoms with Crippen LogP contribution in [0.3, 0.4) is 0 Å². The van der Waals surface area contributed by atoms with Gasteiger partial charge < -0.3 is 10.2 Å². The third kappa shape index (κ3) is 3.97. The fourth-order valence-electron chi connectivity index (χ4n) is 3.58. The molecular formula is C20H23N5O3. The summed E-state index contributed by atoms with van der Waals surface area (Å²) in [6.07, 6.45) is 1.69. The van der Waals surface area contributed by atoms with Crippen LogP contribution < -0.4 is 11.3 Å². The van der Waals surface area contributed by atoms with Gasteiger partial charge in [0, 0.05) is 26.2 Å². The third-order valence-corrected chi connectivity index (χ3v) is 5.04. The molecule has 8 nitrogen and oxygen atoms in total. The zero-order valence-corrected chi connectivity index (χ0v) is 15.6. The second kappa shape index (κ2) is 7.95. The molecule has 0 spiro atoms. The summed E-state index contributed by atoms with van der Waals surface area (Å²) >= 11 is 0. The maximum atomic E-state index is 12.8. The Morgan fingerprint density at radius 3 is 2.43 bits per heavy atom. The van der Waals surface area contributed by atoms with Gasteiger partial charge in [0.2, 0.25) is 5.91 Å². The molecule has 0 unspecified atom stereocenters. The fraction of sp³-hybridized carbons (Fsp3) is 0.350. The number of nitrogens with zero attached hydrogens (tertiary/aromatic N) is 4. The average molecular weight is 381 g/mol. The number of nitrogens with two attached hydrogens (primary N) is 1. The number of amides is 1. The molecule has 1 aliphatic rings. The maximum Gasteiger partial charge on any atom is 0.261 e. The number of primary amides is 1. The van der Waals surface area contributed by atoms with Crippen LogP contribution in [0, 0.1) is 0 Å². The highest BCUT2D eigenvalue weighted by molar-refractivity contribution is 5.78. The molecule has 0 saturated carbocycles. The van der Waals surface area contributed by atoms with Crippen LogP contribution in [-0.2, 0) is 24.4 Å². The van der Waals surface area contributed by atoms with E-state index < -0.39 is 5.91 Å². The number of benzene rings is 1.